The number of ether oxygens (including phenoxy) is 2. The number of carbonyl (C=O) groups is 1. The standard InChI is InChI=1S/C23H24N2O5S/c1-16-8-10-19(11-9-16)25-31(27,28)20-14-12-18(13-15-20)24-23(26)17(2)30-22-7-5-4-6-21(22)29-3/h4-15,17,25H,1-3H3,(H,24,26)/t17-/m1/s1. The fourth-order valence-electron chi connectivity index (χ4n) is 2.76. The number of hydrogen-bond acceptors (Lipinski definition) is 5. The first kappa shape index (κ1) is 22.2. The Hall–Kier alpha value is -3.52. The van der Waals surface area contributed by atoms with E-state index in [9.17, 15) is 13.2 Å². The lowest BCUT2D eigenvalue weighted by Crippen LogP contribution is -2.30. The molecule has 1 atom stereocenters. The minimum absolute atomic E-state index is 0.0874. The molecule has 7 nitrogen and oxygen atoms in total. The largest absolute Gasteiger partial charge is 0.493 e. The minimum Gasteiger partial charge on any atom is -0.493 e. The summed E-state index contributed by atoms with van der Waals surface area (Å²) in [6.45, 7) is 3.54. The Morgan fingerprint density at radius 3 is 2.06 bits per heavy atom. The molecule has 162 valence electrons. The molecule has 1 amide bonds. The Kier molecular flexibility index (Phi) is 6.81. The summed E-state index contributed by atoms with van der Waals surface area (Å²) in [5.74, 6) is 0.605. The van der Waals surface area contributed by atoms with E-state index >= 15 is 0 Å². The quantitative estimate of drug-likeness (QED) is 0.547. The molecule has 0 bridgehead atoms. The minimum atomic E-state index is -3.74. The third kappa shape index (κ3) is 5.76. The normalized spacial score (nSPS) is 12.0. The molecule has 0 saturated heterocycles. The van der Waals surface area contributed by atoms with Crippen LogP contribution in [0, 0.1) is 6.92 Å². The summed E-state index contributed by atoms with van der Waals surface area (Å²) >= 11 is 0. The van der Waals surface area contributed by atoms with Crippen molar-refractivity contribution in [2.45, 2.75) is 24.8 Å². The number of carbonyl (C=O) groups excluding carboxylic acids is 1. The van der Waals surface area contributed by atoms with E-state index in [1.807, 2.05) is 19.1 Å². The molecule has 0 aliphatic carbocycles. The highest BCUT2D eigenvalue weighted by Gasteiger charge is 2.18. The number of sulfonamides is 1. The number of nitrogens with one attached hydrogen (secondary N) is 2. The Morgan fingerprint density at radius 1 is 0.871 bits per heavy atom. The summed E-state index contributed by atoms with van der Waals surface area (Å²) in [7, 11) is -2.21. The predicted molar refractivity (Wildman–Crippen MR) is 120 cm³/mol. The number of amides is 1. The van der Waals surface area contributed by atoms with Crippen LogP contribution in [0.2, 0.25) is 0 Å². The van der Waals surface area contributed by atoms with Crippen LogP contribution in [-0.2, 0) is 14.8 Å². The molecular formula is C23H24N2O5S. The summed E-state index contributed by atoms with van der Waals surface area (Å²) in [4.78, 5) is 12.5. The van der Waals surface area contributed by atoms with Crippen LogP contribution in [0.25, 0.3) is 0 Å². The van der Waals surface area contributed by atoms with Crippen molar-refractivity contribution in [3.05, 3.63) is 78.4 Å². The average molecular weight is 441 g/mol. The summed E-state index contributed by atoms with van der Waals surface area (Å²) in [5.41, 5.74) is 1.96. The van der Waals surface area contributed by atoms with Gasteiger partial charge in [0.25, 0.3) is 15.9 Å². The van der Waals surface area contributed by atoms with E-state index in [4.69, 9.17) is 9.47 Å². The van der Waals surface area contributed by atoms with Crippen molar-refractivity contribution in [3.63, 3.8) is 0 Å². The van der Waals surface area contributed by atoms with Gasteiger partial charge in [0, 0.05) is 11.4 Å². The number of aryl methyl sites for hydroxylation is 1. The maximum Gasteiger partial charge on any atom is 0.265 e. The van der Waals surface area contributed by atoms with Crippen LogP contribution in [0.3, 0.4) is 0 Å². The van der Waals surface area contributed by atoms with Gasteiger partial charge in [-0.3, -0.25) is 9.52 Å². The monoisotopic (exact) mass is 440 g/mol. The second-order valence-electron chi connectivity index (χ2n) is 6.90. The van der Waals surface area contributed by atoms with E-state index in [1.165, 1.54) is 31.4 Å². The molecule has 0 fully saturated rings. The van der Waals surface area contributed by atoms with Crippen molar-refractivity contribution in [2.24, 2.45) is 0 Å². The summed E-state index contributed by atoms with van der Waals surface area (Å²) < 4.78 is 38.6. The van der Waals surface area contributed by atoms with Gasteiger partial charge in [-0.15, -0.1) is 0 Å². The van der Waals surface area contributed by atoms with Gasteiger partial charge in [-0.2, -0.15) is 0 Å². The highest BCUT2D eigenvalue weighted by atomic mass is 32.2. The van der Waals surface area contributed by atoms with Crippen LogP contribution < -0.4 is 19.5 Å². The first-order valence-electron chi connectivity index (χ1n) is 9.58. The van der Waals surface area contributed by atoms with Gasteiger partial charge >= 0.3 is 0 Å². The van der Waals surface area contributed by atoms with Crippen molar-refractivity contribution in [1.29, 1.82) is 0 Å². The first-order valence-corrected chi connectivity index (χ1v) is 11.1. The lowest BCUT2D eigenvalue weighted by molar-refractivity contribution is -0.122. The molecule has 0 saturated carbocycles. The summed E-state index contributed by atoms with van der Waals surface area (Å²) in [6.07, 6.45) is -0.789. The number of anilines is 2. The van der Waals surface area contributed by atoms with Crippen LogP contribution in [-0.4, -0.2) is 27.5 Å². The topological polar surface area (TPSA) is 93.7 Å². The molecule has 0 spiro atoms. The van der Waals surface area contributed by atoms with E-state index in [0.29, 0.717) is 22.9 Å². The lowest BCUT2D eigenvalue weighted by atomic mass is 10.2. The zero-order valence-corrected chi connectivity index (χ0v) is 18.3. The Bertz CT molecular complexity index is 1140. The van der Waals surface area contributed by atoms with Crippen LogP contribution in [0.4, 0.5) is 11.4 Å². The molecule has 0 aromatic heterocycles. The third-order valence-electron chi connectivity index (χ3n) is 4.48. The molecule has 3 aromatic carbocycles. The van der Waals surface area contributed by atoms with Gasteiger partial charge < -0.3 is 14.8 Å². The predicted octanol–water partition coefficient (Wildman–Crippen LogP) is 4.21. The number of benzene rings is 3. The van der Waals surface area contributed by atoms with E-state index in [0.717, 1.165) is 5.56 Å². The maximum absolute atomic E-state index is 12.6. The SMILES string of the molecule is COc1ccccc1O[C@H](C)C(=O)Nc1ccc(S(=O)(=O)Nc2ccc(C)cc2)cc1. The molecule has 0 heterocycles. The van der Waals surface area contributed by atoms with Crippen LogP contribution >= 0.6 is 0 Å². The molecule has 0 unspecified atom stereocenters. The molecule has 0 aliphatic rings. The second-order valence-corrected chi connectivity index (χ2v) is 8.58. The fourth-order valence-corrected chi connectivity index (χ4v) is 3.82. The molecule has 8 heteroatoms. The molecular weight excluding hydrogens is 416 g/mol. The zero-order valence-electron chi connectivity index (χ0n) is 17.5. The smallest absolute Gasteiger partial charge is 0.265 e. The van der Waals surface area contributed by atoms with Gasteiger partial charge in [0.2, 0.25) is 0 Å². The van der Waals surface area contributed by atoms with Gasteiger partial charge in [-0.1, -0.05) is 29.8 Å². The molecule has 31 heavy (non-hydrogen) atoms. The van der Waals surface area contributed by atoms with Crippen molar-refractivity contribution in [3.8, 4) is 11.5 Å². The highest BCUT2D eigenvalue weighted by Crippen LogP contribution is 2.27. The summed E-state index contributed by atoms with van der Waals surface area (Å²) in [5, 5.41) is 2.71. The Balaban J connectivity index is 1.64. The van der Waals surface area contributed by atoms with E-state index in [-0.39, 0.29) is 10.8 Å². The number of hydrogen-bond donors (Lipinski definition) is 2. The van der Waals surface area contributed by atoms with Crippen molar-refractivity contribution < 1.29 is 22.7 Å². The van der Waals surface area contributed by atoms with Crippen LogP contribution in [0.5, 0.6) is 11.5 Å². The highest BCUT2D eigenvalue weighted by molar-refractivity contribution is 7.92. The van der Waals surface area contributed by atoms with Crippen LogP contribution in [0.15, 0.2) is 77.7 Å². The Morgan fingerprint density at radius 2 is 1.45 bits per heavy atom. The van der Waals surface area contributed by atoms with Crippen molar-refractivity contribution in [2.75, 3.05) is 17.1 Å². The number of para-hydroxylation sites is 2. The Labute approximate surface area is 182 Å². The van der Waals surface area contributed by atoms with Gasteiger partial charge in [-0.25, -0.2) is 8.42 Å². The average Bonchev–Trinajstić information content (AvgIpc) is 2.76. The second kappa shape index (κ2) is 9.53. The van der Waals surface area contributed by atoms with E-state index in [1.54, 1.807) is 43.3 Å². The van der Waals surface area contributed by atoms with Gasteiger partial charge in [0.15, 0.2) is 17.6 Å². The van der Waals surface area contributed by atoms with Gasteiger partial charge in [0.05, 0.1) is 12.0 Å². The third-order valence-corrected chi connectivity index (χ3v) is 5.88. The molecule has 2 N–H and O–H groups in total. The van der Waals surface area contributed by atoms with Gasteiger partial charge in [-0.05, 0) is 62.4 Å². The maximum atomic E-state index is 12.6. The molecule has 3 aromatic rings. The van der Waals surface area contributed by atoms with Crippen molar-refractivity contribution in [1.82, 2.24) is 0 Å². The fraction of sp³-hybridized carbons (Fsp3) is 0.174. The molecule has 3 rings (SSSR count). The van der Waals surface area contributed by atoms with E-state index in [2.05, 4.69) is 10.0 Å². The number of rotatable bonds is 8. The molecule has 0 radical (unpaired) electrons. The zero-order chi connectivity index (χ0) is 22.4. The van der Waals surface area contributed by atoms with Crippen LogP contribution in [0.1, 0.15) is 12.5 Å². The summed E-state index contributed by atoms with van der Waals surface area (Å²) in [6, 6.07) is 20.0. The van der Waals surface area contributed by atoms with E-state index < -0.39 is 16.1 Å². The lowest BCUT2D eigenvalue weighted by Gasteiger charge is -2.16. The van der Waals surface area contributed by atoms with Crippen molar-refractivity contribution >= 4 is 27.3 Å². The van der Waals surface area contributed by atoms with Gasteiger partial charge in [0.1, 0.15) is 0 Å². The number of methoxy groups -OCH3 is 1. The molecule has 0 aliphatic heterocycles. The first-order chi connectivity index (χ1) is 14.8.